The van der Waals surface area contributed by atoms with Crippen molar-refractivity contribution in [2.75, 3.05) is 25.2 Å². The van der Waals surface area contributed by atoms with Crippen LogP contribution in [0.5, 0.6) is 0 Å². The molecule has 0 bridgehead atoms. The van der Waals surface area contributed by atoms with E-state index >= 15 is 0 Å². The molecule has 88 valence electrons. The molecule has 2 heterocycles. The molecule has 0 atom stereocenters. The Bertz CT molecular complexity index is 371. The summed E-state index contributed by atoms with van der Waals surface area (Å²) in [5, 5.41) is 8.73. The predicted molar refractivity (Wildman–Crippen MR) is 55.7 cm³/mol. The summed E-state index contributed by atoms with van der Waals surface area (Å²) >= 11 is 0. The molecule has 1 aliphatic rings. The van der Waals surface area contributed by atoms with Crippen molar-refractivity contribution < 1.29 is 19.1 Å². The highest BCUT2D eigenvalue weighted by Crippen LogP contribution is 2.20. The van der Waals surface area contributed by atoms with Gasteiger partial charge in [0, 0.05) is 26.3 Å². The third kappa shape index (κ3) is 2.16. The van der Waals surface area contributed by atoms with E-state index in [2.05, 4.69) is 4.98 Å². The van der Waals surface area contributed by atoms with Gasteiger partial charge in [0.15, 0.2) is 5.69 Å². The average Bonchev–Trinajstić information content (AvgIpc) is 2.78. The number of oxazole rings is 1. The summed E-state index contributed by atoms with van der Waals surface area (Å²) in [6.45, 7) is 1.45. The van der Waals surface area contributed by atoms with Crippen molar-refractivity contribution in [2.24, 2.45) is 0 Å². The van der Waals surface area contributed by atoms with Crippen molar-refractivity contribution in [1.82, 2.24) is 4.98 Å². The summed E-state index contributed by atoms with van der Waals surface area (Å²) in [6, 6.07) is 0.651. The van der Waals surface area contributed by atoms with Crippen LogP contribution in [0.15, 0.2) is 10.7 Å². The molecular weight excluding hydrogens is 212 g/mol. The van der Waals surface area contributed by atoms with Crippen molar-refractivity contribution in [3.63, 3.8) is 0 Å². The molecule has 1 aliphatic heterocycles. The van der Waals surface area contributed by atoms with Gasteiger partial charge in [0.05, 0.1) is 0 Å². The molecule has 6 nitrogen and oxygen atoms in total. The molecule has 1 N–H and O–H groups in total. The third-order valence-electron chi connectivity index (χ3n) is 2.75. The second kappa shape index (κ2) is 4.52. The van der Waals surface area contributed by atoms with Crippen LogP contribution >= 0.6 is 0 Å². The number of anilines is 1. The molecule has 2 rings (SSSR count). The first-order valence-corrected chi connectivity index (χ1v) is 5.18. The number of carboxylic acid groups (broad SMARTS) is 1. The summed E-state index contributed by atoms with van der Waals surface area (Å²) < 4.78 is 10.4. The summed E-state index contributed by atoms with van der Waals surface area (Å²) in [7, 11) is 1.85. The van der Waals surface area contributed by atoms with E-state index in [0.29, 0.717) is 12.1 Å². The van der Waals surface area contributed by atoms with Crippen molar-refractivity contribution in [3.8, 4) is 0 Å². The number of hydrogen-bond donors (Lipinski definition) is 1. The Labute approximate surface area is 92.8 Å². The van der Waals surface area contributed by atoms with Gasteiger partial charge in [0.2, 0.25) is 0 Å². The van der Waals surface area contributed by atoms with E-state index in [1.54, 1.807) is 0 Å². The van der Waals surface area contributed by atoms with E-state index in [-0.39, 0.29) is 5.69 Å². The largest absolute Gasteiger partial charge is 0.476 e. The second-order valence-corrected chi connectivity index (χ2v) is 3.77. The lowest BCUT2D eigenvalue weighted by molar-refractivity contribution is 0.0690. The number of carbonyl (C=O) groups is 1. The minimum atomic E-state index is -1.07. The monoisotopic (exact) mass is 226 g/mol. The first kappa shape index (κ1) is 10.9. The van der Waals surface area contributed by atoms with Crippen LogP contribution in [0.3, 0.4) is 0 Å². The van der Waals surface area contributed by atoms with Gasteiger partial charge in [-0.1, -0.05) is 0 Å². The molecule has 0 radical (unpaired) electrons. The third-order valence-corrected chi connectivity index (χ3v) is 2.75. The Morgan fingerprint density at radius 3 is 2.81 bits per heavy atom. The highest BCUT2D eigenvalue weighted by Gasteiger charge is 2.22. The van der Waals surface area contributed by atoms with Crippen LogP contribution < -0.4 is 4.90 Å². The summed E-state index contributed by atoms with van der Waals surface area (Å²) in [6.07, 6.45) is 2.97. The van der Waals surface area contributed by atoms with Crippen LogP contribution in [0.25, 0.3) is 0 Å². The van der Waals surface area contributed by atoms with Gasteiger partial charge in [-0.3, -0.25) is 0 Å². The van der Waals surface area contributed by atoms with E-state index in [1.807, 2.05) is 11.9 Å². The summed E-state index contributed by atoms with van der Waals surface area (Å²) in [5.41, 5.74) is -0.0612. The Balaban J connectivity index is 2.07. The Kier molecular flexibility index (Phi) is 3.09. The van der Waals surface area contributed by atoms with Gasteiger partial charge in [0.1, 0.15) is 6.26 Å². The quantitative estimate of drug-likeness (QED) is 0.828. The highest BCUT2D eigenvalue weighted by atomic mass is 16.5. The average molecular weight is 226 g/mol. The molecule has 0 aromatic carbocycles. The molecule has 1 saturated heterocycles. The predicted octanol–water partition coefficient (Wildman–Crippen LogP) is 0.988. The van der Waals surface area contributed by atoms with Gasteiger partial charge in [-0.05, 0) is 12.8 Å². The number of ether oxygens (including phenoxy) is 1. The van der Waals surface area contributed by atoms with E-state index in [9.17, 15) is 4.79 Å². The van der Waals surface area contributed by atoms with Crippen LogP contribution in [0, 0.1) is 0 Å². The highest BCUT2D eigenvalue weighted by molar-refractivity contribution is 5.85. The van der Waals surface area contributed by atoms with Crippen molar-refractivity contribution in [3.05, 3.63) is 12.0 Å². The lowest BCUT2D eigenvalue weighted by Gasteiger charge is -2.29. The van der Waals surface area contributed by atoms with Crippen molar-refractivity contribution in [2.45, 2.75) is 18.9 Å². The zero-order valence-corrected chi connectivity index (χ0v) is 9.05. The smallest absolute Gasteiger partial charge is 0.357 e. The van der Waals surface area contributed by atoms with E-state index < -0.39 is 5.97 Å². The molecule has 0 spiro atoms. The molecule has 0 unspecified atom stereocenters. The van der Waals surface area contributed by atoms with Gasteiger partial charge < -0.3 is 19.2 Å². The normalized spacial score (nSPS) is 17.3. The lowest BCUT2D eigenvalue weighted by Crippen LogP contribution is -2.36. The van der Waals surface area contributed by atoms with Gasteiger partial charge in [-0.25, -0.2) is 4.79 Å². The fourth-order valence-corrected chi connectivity index (χ4v) is 1.75. The van der Waals surface area contributed by atoms with Gasteiger partial charge in [-0.2, -0.15) is 4.98 Å². The molecule has 0 aliphatic carbocycles. The lowest BCUT2D eigenvalue weighted by atomic mass is 10.1. The number of nitrogens with zero attached hydrogens (tertiary/aromatic N) is 2. The molecule has 1 aromatic heterocycles. The summed E-state index contributed by atoms with van der Waals surface area (Å²) in [5.74, 6) is -1.07. The van der Waals surface area contributed by atoms with Crippen LogP contribution in [-0.4, -0.2) is 42.4 Å². The number of aromatic carboxylic acids is 1. The van der Waals surface area contributed by atoms with Crippen LogP contribution in [-0.2, 0) is 4.74 Å². The zero-order chi connectivity index (χ0) is 11.5. The molecule has 1 aromatic rings. The standard InChI is InChI=1S/C10H14N2O4/c1-12(7-2-4-15-5-3-7)10-11-8(6-16-10)9(13)14/h6-7H,2-5H2,1H3,(H,13,14). The fraction of sp³-hybridized carbons (Fsp3) is 0.600. The molecule has 0 amide bonds. The van der Waals surface area contributed by atoms with Crippen LogP contribution in [0.1, 0.15) is 23.3 Å². The van der Waals surface area contributed by atoms with Gasteiger partial charge in [0.25, 0.3) is 6.01 Å². The first-order valence-electron chi connectivity index (χ1n) is 5.18. The Morgan fingerprint density at radius 2 is 2.25 bits per heavy atom. The number of rotatable bonds is 3. The number of aromatic nitrogens is 1. The minimum Gasteiger partial charge on any atom is -0.476 e. The van der Waals surface area contributed by atoms with Crippen molar-refractivity contribution >= 4 is 12.0 Å². The van der Waals surface area contributed by atoms with Gasteiger partial charge >= 0.3 is 5.97 Å². The fourth-order valence-electron chi connectivity index (χ4n) is 1.75. The maximum Gasteiger partial charge on any atom is 0.357 e. The first-order chi connectivity index (χ1) is 7.68. The zero-order valence-electron chi connectivity index (χ0n) is 9.05. The van der Waals surface area contributed by atoms with Crippen LogP contribution in [0.4, 0.5) is 6.01 Å². The molecular formula is C10H14N2O4. The number of hydrogen-bond acceptors (Lipinski definition) is 5. The van der Waals surface area contributed by atoms with Gasteiger partial charge in [-0.15, -0.1) is 0 Å². The minimum absolute atomic E-state index is 0.0612. The molecule has 1 fully saturated rings. The Morgan fingerprint density at radius 1 is 1.56 bits per heavy atom. The molecule has 6 heteroatoms. The van der Waals surface area contributed by atoms with E-state index in [4.69, 9.17) is 14.3 Å². The maximum atomic E-state index is 10.7. The number of carboxylic acids is 1. The molecule has 0 saturated carbocycles. The van der Waals surface area contributed by atoms with E-state index in [1.165, 1.54) is 0 Å². The van der Waals surface area contributed by atoms with E-state index in [0.717, 1.165) is 32.3 Å². The van der Waals surface area contributed by atoms with Crippen molar-refractivity contribution in [1.29, 1.82) is 0 Å². The topological polar surface area (TPSA) is 75.8 Å². The summed E-state index contributed by atoms with van der Waals surface area (Å²) in [4.78, 5) is 16.4. The maximum absolute atomic E-state index is 10.7. The second-order valence-electron chi connectivity index (χ2n) is 3.77. The Hall–Kier alpha value is -1.56. The van der Waals surface area contributed by atoms with Crippen LogP contribution in [0.2, 0.25) is 0 Å². The molecule has 16 heavy (non-hydrogen) atoms. The SMILES string of the molecule is CN(c1nc(C(=O)O)co1)C1CCOCC1.